The number of hydrazine groups is 1. The minimum Gasteiger partial charge on any atom is -0.469 e. The molecule has 0 radical (unpaired) electrons. The summed E-state index contributed by atoms with van der Waals surface area (Å²) in [5, 5.41) is 2.78. The zero-order valence-corrected chi connectivity index (χ0v) is 14.8. The van der Waals surface area contributed by atoms with Gasteiger partial charge in [-0.05, 0) is 31.7 Å². The van der Waals surface area contributed by atoms with Gasteiger partial charge in [-0.3, -0.25) is 30.1 Å². The molecular weight excluding hydrogens is 340 g/mol. The van der Waals surface area contributed by atoms with E-state index in [1.54, 1.807) is 6.92 Å². The summed E-state index contributed by atoms with van der Waals surface area (Å²) in [5.41, 5.74) is 3.83. The van der Waals surface area contributed by atoms with E-state index in [-0.39, 0.29) is 17.4 Å². The molecule has 1 aromatic rings. The molecule has 9 nitrogen and oxygen atoms in total. The molecular formula is C17H22N4O5. The van der Waals surface area contributed by atoms with Crippen LogP contribution in [0.1, 0.15) is 48.7 Å². The molecule has 1 aliphatic heterocycles. The minimum absolute atomic E-state index is 0.0181. The number of hydrogen-bond acceptors (Lipinski definition) is 5. The van der Waals surface area contributed by atoms with Crippen LogP contribution in [0.3, 0.4) is 0 Å². The molecule has 140 valence electrons. The molecule has 1 saturated carbocycles. The Morgan fingerprint density at radius 2 is 2.12 bits per heavy atom. The third-order valence-corrected chi connectivity index (χ3v) is 5.22. The Hall–Kier alpha value is -2.84. The summed E-state index contributed by atoms with van der Waals surface area (Å²) in [6.45, 7) is 3.10. The largest absolute Gasteiger partial charge is 0.469 e. The van der Waals surface area contributed by atoms with Crippen molar-refractivity contribution in [1.82, 2.24) is 21.1 Å². The van der Waals surface area contributed by atoms with E-state index in [1.165, 1.54) is 12.3 Å². The van der Waals surface area contributed by atoms with E-state index < -0.39 is 29.9 Å². The van der Waals surface area contributed by atoms with Crippen molar-refractivity contribution in [2.24, 2.45) is 5.92 Å². The Bertz CT molecular complexity index is 758. The Morgan fingerprint density at radius 3 is 2.77 bits per heavy atom. The molecule has 2 fully saturated rings. The molecule has 3 rings (SSSR count). The number of nitrogens with one attached hydrogen (secondary N) is 3. The number of carbonyl (C=O) groups is 4. The normalized spacial score (nSPS) is 25.3. The topological polar surface area (TPSA) is 121 Å². The molecule has 0 aromatic carbocycles. The predicted molar refractivity (Wildman–Crippen MR) is 89.7 cm³/mol. The van der Waals surface area contributed by atoms with Crippen molar-refractivity contribution < 1.29 is 23.6 Å². The number of nitrogens with zero attached hydrogens (tertiary/aromatic N) is 1. The molecule has 9 heteroatoms. The predicted octanol–water partition coefficient (Wildman–Crippen LogP) is 0.850. The fourth-order valence-electron chi connectivity index (χ4n) is 3.64. The van der Waals surface area contributed by atoms with Gasteiger partial charge in [0.1, 0.15) is 17.8 Å². The molecule has 1 saturated heterocycles. The third-order valence-electron chi connectivity index (χ3n) is 5.22. The van der Waals surface area contributed by atoms with Gasteiger partial charge in [0, 0.05) is 0 Å². The van der Waals surface area contributed by atoms with Crippen molar-refractivity contribution in [1.29, 1.82) is 0 Å². The number of hydrogen-bond donors (Lipinski definition) is 3. The van der Waals surface area contributed by atoms with Crippen LogP contribution in [0.5, 0.6) is 0 Å². The maximum atomic E-state index is 12.8. The standard InChI is InChI=1S/C17H22N4O5/c1-10-5-3-4-7-17(10)15(24)21(16(25)18-17)9-13(22)19-20-14(23)12-6-8-26-11(12)2/h6,8,10H,3-5,7,9H2,1-2H3,(H,18,25)(H,19,22)(H,20,23). The maximum absolute atomic E-state index is 12.8. The Kier molecular flexibility index (Phi) is 4.71. The highest BCUT2D eigenvalue weighted by Gasteiger charge is 2.55. The first-order valence-electron chi connectivity index (χ1n) is 8.62. The lowest BCUT2D eigenvalue weighted by atomic mass is 9.73. The Balaban J connectivity index is 1.59. The second kappa shape index (κ2) is 6.81. The van der Waals surface area contributed by atoms with Crippen LogP contribution in [0, 0.1) is 12.8 Å². The number of rotatable bonds is 3. The summed E-state index contributed by atoms with van der Waals surface area (Å²) < 4.78 is 5.02. The maximum Gasteiger partial charge on any atom is 0.325 e. The van der Waals surface area contributed by atoms with E-state index >= 15 is 0 Å². The first-order valence-corrected chi connectivity index (χ1v) is 8.62. The smallest absolute Gasteiger partial charge is 0.325 e. The minimum atomic E-state index is -0.910. The molecule has 1 aromatic heterocycles. The van der Waals surface area contributed by atoms with Crippen LogP contribution in [0.25, 0.3) is 0 Å². The number of imide groups is 1. The third kappa shape index (κ3) is 3.04. The molecule has 2 atom stereocenters. The molecule has 0 bridgehead atoms. The van der Waals surface area contributed by atoms with E-state index in [1.807, 2.05) is 6.92 Å². The van der Waals surface area contributed by atoms with Crippen molar-refractivity contribution in [2.45, 2.75) is 45.1 Å². The first-order chi connectivity index (χ1) is 12.3. The van der Waals surface area contributed by atoms with Gasteiger partial charge in [0.05, 0.1) is 11.8 Å². The summed E-state index contributed by atoms with van der Waals surface area (Å²) in [5.74, 6) is -1.15. The van der Waals surface area contributed by atoms with Crippen molar-refractivity contribution in [3.63, 3.8) is 0 Å². The van der Waals surface area contributed by atoms with E-state index in [0.29, 0.717) is 12.2 Å². The van der Waals surface area contributed by atoms with Crippen LogP contribution in [-0.2, 0) is 9.59 Å². The van der Waals surface area contributed by atoms with Gasteiger partial charge in [0.2, 0.25) is 0 Å². The lowest BCUT2D eigenvalue weighted by Crippen LogP contribution is -2.54. The summed E-state index contributed by atoms with van der Waals surface area (Å²) >= 11 is 0. The van der Waals surface area contributed by atoms with Crippen LogP contribution in [-0.4, -0.2) is 40.7 Å². The summed E-state index contributed by atoms with van der Waals surface area (Å²) in [4.78, 5) is 49.9. The van der Waals surface area contributed by atoms with Gasteiger partial charge in [-0.15, -0.1) is 0 Å². The van der Waals surface area contributed by atoms with E-state index in [0.717, 1.165) is 24.2 Å². The fraction of sp³-hybridized carbons (Fsp3) is 0.529. The van der Waals surface area contributed by atoms with Crippen molar-refractivity contribution in [2.75, 3.05) is 6.54 Å². The highest BCUT2D eigenvalue weighted by Crippen LogP contribution is 2.38. The zero-order valence-electron chi connectivity index (χ0n) is 14.8. The Labute approximate surface area is 150 Å². The van der Waals surface area contributed by atoms with Gasteiger partial charge in [0.15, 0.2) is 0 Å². The number of amides is 5. The quantitative estimate of drug-likeness (QED) is 0.544. The number of aryl methyl sites for hydroxylation is 1. The van der Waals surface area contributed by atoms with Crippen LogP contribution in [0.15, 0.2) is 16.7 Å². The first kappa shape index (κ1) is 18.0. The molecule has 3 N–H and O–H groups in total. The monoisotopic (exact) mass is 362 g/mol. The van der Waals surface area contributed by atoms with Crippen LogP contribution < -0.4 is 16.2 Å². The van der Waals surface area contributed by atoms with Crippen molar-refractivity contribution in [3.05, 3.63) is 23.7 Å². The van der Waals surface area contributed by atoms with Gasteiger partial charge in [0.25, 0.3) is 17.7 Å². The number of urea groups is 1. The molecule has 5 amide bonds. The van der Waals surface area contributed by atoms with Crippen molar-refractivity contribution in [3.8, 4) is 0 Å². The zero-order chi connectivity index (χ0) is 18.9. The summed E-state index contributed by atoms with van der Waals surface area (Å²) in [6.07, 6.45) is 4.67. The van der Waals surface area contributed by atoms with Crippen LogP contribution in [0.4, 0.5) is 4.79 Å². The number of carbonyl (C=O) groups excluding carboxylic acids is 4. The lowest BCUT2D eigenvalue weighted by molar-refractivity contribution is -0.137. The molecule has 2 aliphatic rings. The second-order valence-electron chi connectivity index (χ2n) is 6.83. The second-order valence-corrected chi connectivity index (χ2v) is 6.83. The number of furan rings is 1. The molecule has 26 heavy (non-hydrogen) atoms. The summed E-state index contributed by atoms with van der Waals surface area (Å²) in [6, 6.07) is 0.901. The Morgan fingerprint density at radius 1 is 1.35 bits per heavy atom. The van der Waals surface area contributed by atoms with Gasteiger partial charge >= 0.3 is 6.03 Å². The SMILES string of the molecule is Cc1occc1C(=O)NNC(=O)CN1C(=O)NC2(CCCCC2C)C1=O. The van der Waals surface area contributed by atoms with E-state index in [4.69, 9.17) is 4.42 Å². The van der Waals surface area contributed by atoms with E-state index in [2.05, 4.69) is 16.2 Å². The molecule has 2 heterocycles. The molecule has 1 spiro atoms. The van der Waals surface area contributed by atoms with Crippen molar-refractivity contribution >= 4 is 23.8 Å². The highest BCUT2D eigenvalue weighted by molar-refractivity contribution is 6.09. The van der Waals surface area contributed by atoms with E-state index in [9.17, 15) is 19.2 Å². The van der Waals surface area contributed by atoms with Crippen LogP contribution in [0.2, 0.25) is 0 Å². The highest BCUT2D eigenvalue weighted by atomic mass is 16.3. The van der Waals surface area contributed by atoms with Gasteiger partial charge in [-0.2, -0.15) is 0 Å². The van der Waals surface area contributed by atoms with Crippen LogP contribution >= 0.6 is 0 Å². The average Bonchev–Trinajstić information content (AvgIpc) is 3.13. The van der Waals surface area contributed by atoms with Gasteiger partial charge < -0.3 is 9.73 Å². The summed E-state index contributed by atoms with van der Waals surface area (Å²) in [7, 11) is 0. The lowest BCUT2D eigenvalue weighted by Gasteiger charge is -2.36. The molecule has 1 aliphatic carbocycles. The van der Waals surface area contributed by atoms with Gasteiger partial charge in [-0.1, -0.05) is 19.8 Å². The average molecular weight is 362 g/mol. The molecule has 2 unspecified atom stereocenters. The fourth-order valence-corrected chi connectivity index (χ4v) is 3.64. The van der Waals surface area contributed by atoms with Gasteiger partial charge in [-0.25, -0.2) is 4.79 Å².